The first-order valence-electron chi connectivity index (χ1n) is 10.8. The van der Waals surface area contributed by atoms with E-state index in [-0.39, 0.29) is 18.2 Å². The molecule has 3 aromatic carbocycles. The van der Waals surface area contributed by atoms with E-state index in [4.69, 9.17) is 9.15 Å². The first kappa shape index (κ1) is 21.9. The number of benzene rings is 3. The summed E-state index contributed by atoms with van der Waals surface area (Å²) in [6.45, 7) is 2.17. The van der Waals surface area contributed by atoms with Crippen LogP contribution < -0.4 is 10.1 Å². The normalized spacial score (nSPS) is 11.0. The Labute approximate surface area is 199 Å². The van der Waals surface area contributed by atoms with Gasteiger partial charge in [-0.25, -0.2) is 9.37 Å². The molecule has 0 aliphatic heterocycles. The van der Waals surface area contributed by atoms with Gasteiger partial charge in [0.15, 0.2) is 10.9 Å². The lowest BCUT2D eigenvalue weighted by Crippen LogP contribution is -2.13. The van der Waals surface area contributed by atoms with Crippen LogP contribution in [-0.4, -0.2) is 10.9 Å². The van der Waals surface area contributed by atoms with Crippen molar-refractivity contribution in [1.82, 2.24) is 4.98 Å². The number of carbonyl (C=O) groups is 1. The standard InChI is InChI=1S/C27H21FN2O3S/c1-17-7-6-9-19(13-17)32-16-22-21-10-3-5-12-24(21)33-25(22)26(31)30-27-29-15-20(34-27)14-18-8-2-4-11-23(18)28/h2-13,15H,14,16H2,1H3,(H,29,30,31). The molecule has 0 bridgehead atoms. The van der Waals surface area contributed by atoms with E-state index >= 15 is 0 Å². The number of halogens is 1. The Hall–Kier alpha value is -3.97. The molecule has 0 fully saturated rings. The molecule has 0 saturated carbocycles. The van der Waals surface area contributed by atoms with Crippen LogP contribution >= 0.6 is 11.3 Å². The van der Waals surface area contributed by atoms with E-state index in [2.05, 4.69) is 10.3 Å². The molecule has 1 amide bonds. The van der Waals surface area contributed by atoms with Crippen molar-refractivity contribution in [3.8, 4) is 5.75 Å². The van der Waals surface area contributed by atoms with Gasteiger partial charge in [0.05, 0.1) is 0 Å². The Morgan fingerprint density at radius 3 is 2.76 bits per heavy atom. The van der Waals surface area contributed by atoms with E-state index in [1.54, 1.807) is 24.4 Å². The van der Waals surface area contributed by atoms with Crippen molar-refractivity contribution in [2.45, 2.75) is 20.0 Å². The molecule has 0 radical (unpaired) electrons. The highest BCUT2D eigenvalue weighted by atomic mass is 32.1. The Morgan fingerprint density at radius 2 is 1.91 bits per heavy atom. The van der Waals surface area contributed by atoms with Crippen molar-refractivity contribution < 1.29 is 18.3 Å². The number of thiazole rings is 1. The van der Waals surface area contributed by atoms with Crippen LogP contribution in [0, 0.1) is 12.7 Å². The van der Waals surface area contributed by atoms with Crippen molar-refractivity contribution >= 4 is 33.3 Å². The fraction of sp³-hybridized carbons (Fsp3) is 0.111. The smallest absolute Gasteiger partial charge is 0.293 e. The molecule has 0 aliphatic carbocycles. The highest BCUT2D eigenvalue weighted by Crippen LogP contribution is 2.29. The summed E-state index contributed by atoms with van der Waals surface area (Å²) in [4.78, 5) is 18.3. The number of hydrogen-bond donors (Lipinski definition) is 1. The molecule has 170 valence electrons. The minimum atomic E-state index is -0.411. The van der Waals surface area contributed by atoms with Crippen LogP contribution in [0.4, 0.5) is 9.52 Å². The number of furan rings is 1. The number of nitrogens with zero attached hydrogens (tertiary/aromatic N) is 1. The zero-order valence-corrected chi connectivity index (χ0v) is 19.2. The second kappa shape index (κ2) is 9.49. The number of amides is 1. The molecule has 5 aromatic rings. The van der Waals surface area contributed by atoms with Crippen molar-refractivity contribution in [3.63, 3.8) is 0 Å². The Kier molecular flexibility index (Phi) is 6.10. The van der Waals surface area contributed by atoms with Gasteiger partial charge < -0.3 is 9.15 Å². The minimum Gasteiger partial charge on any atom is -0.489 e. The summed E-state index contributed by atoms with van der Waals surface area (Å²) in [5.74, 6) is 0.224. The van der Waals surface area contributed by atoms with Crippen molar-refractivity contribution in [2.24, 2.45) is 0 Å². The number of aryl methyl sites for hydroxylation is 1. The van der Waals surface area contributed by atoms with Crippen LogP contribution in [0.25, 0.3) is 11.0 Å². The van der Waals surface area contributed by atoms with Crippen LogP contribution in [-0.2, 0) is 13.0 Å². The van der Waals surface area contributed by atoms with Crippen LogP contribution in [0.2, 0.25) is 0 Å². The summed E-state index contributed by atoms with van der Waals surface area (Å²) in [5, 5.41) is 4.05. The number of para-hydroxylation sites is 1. The lowest BCUT2D eigenvalue weighted by molar-refractivity contribution is 0.0995. The van der Waals surface area contributed by atoms with E-state index < -0.39 is 5.91 Å². The fourth-order valence-corrected chi connectivity index (χ4v) is 4.55. The lowest BCUT2D eigenvalue weighted by atomic mass is 10.1. The number of nitrogens with one attached hydrogen (secondary N) is 1. The van der Waals surface area contributed by atoms with Crippen LogP contribution in [0.15, 0.2) is 83.4 Å². The Bertz CT molecular complexity index is 1470. The van der Waals surface area contributed by atoms with E-state index in [1.807, 2.05) is 55.5 Å². The fourth-order valence-electron chi connectivity index (χ4n) is 3.72. The highest BCUT2D eigenvalue weighted by Gasteiger charge is 2.22. The van der Waals surface area contributed by atoms with Crippen LogP contribution in [0.1, 0.15) is 32.1 Å². The van der Waals surface area contributed by atoms with E-state index in [0.29, 0.717) is 34.0 Å². The van der Waals surface area contributed by atoms with Gasteiger partial charge in [0.1, 0.15) is 23.8 Å². The first-order valence-corrected chi connectivity index (χ1v) is 11.6. The highest BCUT2D eigenvalue weighted by molar-refractivity contribution is 7.15. The number of aromatic nitrogens is 1. The topological polar surface area (TPSA) is 64.4 Å². The summed E-state index contributed by atoms with van der Waals surface area (Å²) in [5.41, 5.74) is 2.94. The average molecular weight is 473 g/mol. The maximum Gasteiger partial charge on any atom is 0.293 e. The number of fused-ring (bicyclic) bond motifs is 1. The third kappa shape index (κ3) is 4.70. The van der Waals surface area contributed by atoms with Crippen molar-refractivity contribution in [1.29, 1.82) is 0 Å². The van der Waals surface area contributed by atoms with Crippen LogP contribution in [0.3, 0.4) is 0 Å². The third-order valence-corrected chi connectivity index (χ3v) is 6.29. The summed E-state index contributed by atoms with van der Waals surface area (Å²) in [7, 11) is 0. The van der Waals surface area contributed by atoms with Gasteiger partial charge in [-0.2, -0.15) is 0 Å². The summed E-state index contributed by atoms with van der Waals surface area (Å²) >= 11 is 1.30. The van der Waals surface area contributed by atoms with Gasteiger partial charge in [0.2, 0.25) is 0 Å². The minimum absolute atomic E-state index is 0.180. The SMILES string of the molecule is Cc1cccc(OCc2c(C(=O)Nc3ncc(Cc4ccccc4F)s3)oc3ccccc23)c1. The van der Waals surface area contributed by atoms with Gasteiger partial charge in [0, 0.05) is 28.4 Å². The molecule has 0 atom stereocenters. The van der Waals surface area contributed by atoms with Gasteiger partial charge in [-0.3, -0.25) is 10.1 Å². The number of anilines is 1. The predicted molar refractivity (Wildman–Crippen MR) is 131 cm³/mol. The molecular formula is C27H21FN2O3S. The molecular weight excluding hydrogens is 451 g/mol. The number of ether oxygens (including phenoxy) is 1. The summed E-state index contributed by atoms with van der Waals surface area (Å²) < 4.78 is 25.8. The van der Waals surface area contributed by atoms with Gasteiger partial charge in [-0.05, 0) is 42.3 Å². The number of hydrogen-bond acceptors (Lipinski definition) is 5. The molecule has 5 rings (SSSR count). The van der Waals surface area contributed by atoms with Gasteiger partial charge in [-0.1, -0.05) is 48.5 Å². The molecule has 0 aliphatic rings. The van der Waals surface area contributed by atoms with Crippen molar-refractivity contribution in [3.05, 3.63) is 112 Å². The monoisotopic (exact) mass is 472 g/mol. The van der Waals surface area contributed by atoms with Crippen molar-refractivity contribution in [2.75, 3.05) is 5.32 Å². The number of rotatable bonds is 7. The van der Waals surface area contributed by atoms with Gasteiger partial charge in [0.25, 0.3) is 5.91 Å². The molecule has 0 spiro atoms. The van der Waals surface area contributed by atoms with Gasteiger partial charge >= 0.3 is 0 Å². The molecule has 1 N–H and O–H groups in total. The zero-order valence-electron chi connectivity index (χ0n) is 18.4. The molecule has 2 heterocycles. The summed E-state index contributed by atoms with van der Waals surface area (Å²) in [6.07, 6.45) is 2.05. The first-order chi connectivity index (χ1) is 16.6. The van der Waals surface area contributed by atoms with E-state index in [9.17, 15) is 9.18 Å². The van der Waals surface area contributed by atoms with E-state index in [1.165, 1.54) is 17.4 Å². The quantitative estimate of drug-likeness (QED) is 0.284. The maximum atomic E-state index is 14.0. The molecule has 0 unspecified atom stereocenters. The second-order valence-electron chi connectivity index (χ2n) is 7.87. The van der Waals surface area contributed by atoms with Crippen LogP contribution in [0.5, 0.6) is 5.75 Å². The Balaban J connectivity index is 1.36. The molecule has 5 nitrogen and oxygen atoms in total. The maximum absolute atomic E-state index is 14.0. The van der Waals surface area contributed by atoms with Gasteiger partial charge in [-0.15, -0.1) is 11.3 Å². The van der Waals surface area contributed by atoms with E-state index in [0.717, 1.165) is 15.8 Å². The zero-order chi connectivity index (χ0) is 23.5. The number of carbonyl (C=O) groups excluding carboxylic acids is 1. The third-order valence-electron chi connectivity index (χ3n) is 5.37. The lowest BCUT2D eigenvalue weighted by Gasteiger charge is -2.07. The molecule has 2 aromatic heterocycles. The molecule has 7 heteroatoms. The summed E-state index contributed by atoms with van der Waals surface area (Å²) in [6, 6.07) is 21.8. The second-order valence-corrected chi connectivity index (χ2v) is 8.98. The molecule has 34 heavy (non-hydrogen) atoms. The Morgan fingerprint density at radius 1 is 1.09 bits per heavy atom. The molecule has 0 saturated heterocycles. The average Bonchev–Trinajstić information content (AvgIpc) is 3.43. The largest absolute Gasteiger partial charge is 0.489 e. The predicted octanol–water partition coefficient (Wildman–Crippen LogP) is 6.76.